The standard InChI is InChI=1S/C19H26N2O2/c1-14(2)18(23-17-11-7-6-10-16(17)12-20)19(22)21-13-15-8-4-3-5-9-15/h6-7,10-11,14-15,18H,3-5,8-9,13H2,1-2H3,(H,21,22). The van der Waals surface area contributed by atoms with Crippen molar-refractivity contribution in [1.82, 2.24) is 5.32 Å². The first-order valence-electron chi connectivity index (χ1n) is 8.55. The van der Waals surface area contributed by atoms with Gasteiger partial charge in [-0.15, -0.1) is 0 Å². The molecule has 0 saturated heterocycles. The van der Waals surface area contributed by atoms with Crippen molar-refractivity contribution < 1.29 is 9.53 Å². The molecule has 0 radical (unpaired) electrons. The number of rotatable bonds is 6. The average Bonchev–Trinajstić information content (AvgIpc) is 2.58. The predicted molar refractivity (Wildman–Crippen MR) is 90.0 cm³/mol. The van der Waals surface area contributed by atoms with Gasteiger partial charge in [0.2, 0.25) is 0 Å². The van der Waals surface area contributed by atoms with Gasteiger partial charge in [-0.3, -0.25) is 4.79 Å². The lowest BCUT2D eigenvalue weighted by Crippen LogP contribution is -2.43. The van der Waals surface area contributed by atoms with Crippen LogP contribution in [0.2, 0.25) is 0 Å². The Morgan fingerprint density at radius 2 is 2.00 bits per heavy atom. The van der Waals surface area contributed by atoms with Crippen molar-refractivity contribution in [3.8, 4) is 11.8 Å². The third-order valence-electron chi connectivity index (χ3n) is 4.42. The summed E-state index contributed by atoms with van der Waals surface area (Å²) in [7, 11) is 0. The Morgan fingerprint density at radius 3 is 2.65 bits per heavy atom. The SMILES string of the molecule is CC(C)C(Oc1ccccc1C#N)C(=O)NCC1CCCCC1. The predicted octanol–water partition coefficient (Wildman–Crippen LogP) is 3.66. The molecule has 1 N–H and O–H groups in total. The first kappa shape index (κ1) is 17.3. The lowest BCUT2D eigenvalue weighted by molar-refractivity contribution is -0.130. The molecule has 4 heteroatoms. The number of nitrogens with zero attached hydrogens (tertiary/aromatic N) is 1. The Balaban J connectivity index is 1.97. The van der Waals surface area contributed by atoms with Crippen LogP contribution < -0.4 is 10.1 Å². The summed E-state index contributed by atoms with van der Waals surface area (Å²) in [6.45, 7) is 4.64. The Hall–Kier alpha value is -2.02. The van der Waals surface area contributed by atoms with Crippen LogP contribution in [0.1, 0.15) is 51.5 Å². The van der Waals surface area contributed by atoms with Crippen LogP contribution >= 0.6 is 0 Å². The van der Waals surface area contributed by atoms with Crippen LogP contribution in [0.5, 0.6) is 5.75 Å². The van der Waals surface area contributed by atoms with Gasteiger partial charge in [0.05, 0.1) is 5.56 Å². The van der Waals surface area contributed by atoms with Gasteiger partial charge < -0.3 is 10.1 Å². The van der Waals surface area contributed by atoms with E-state index in [4.69, 9.17) is 10.00 Å². The van der Waals surface area contributed by atoms with Crippen molar-refractivity contribution in [3.05, 3.63) is 29.8 Å². The highest BCUT2D eigenvalue weighted by atomic mass is 16.5. The van der Waals surface area contributed by atoms with E-state index in [0.717, 1.165) is 6.54 Å². The summed E-state index contributed by atoms with van der Waals surface area (Å²) in [4.78, 5) is 12.5. The number of hydrogen-bond donors (Lipinski definition) is 1. The van der Waals surface area contributed by atoms with Gasteiger partial charge in [0.1, 0.15) is 11.8 Å². The van der Waals surface area contributed by atoms with E-state index < -0.39 is 6.10 Å². The first-order chi connectivity index (χ1) is 11.1. The Kier molecular flexibility index (Phi) is 6.46. The number of para-hydroxylation sites is 1. The van der Waals surface area contributed by atoms with E-state index in [2.05, 4.69) is 11.4 Å². The van der Waals surface area contributed by atoms with Gasteiger partial charge in [-0.25, -0.2) is 0 Å². The molecule has 0 aliphatic heterocycles. The van der Waals surface area contributed by atoms with E-state index in [9.17, 15) is 4.79 Å². The fourth-order valence-electron chi connectivity index (χ4n) is 3.03. The number of hydrogen-bond acceptors (Lipinski definition) is 3. The molecule has 1 aliphatic carbocycles. The van der Waals surface area contributed by atoms with Crippen molar-refractivity contribution in [1.29, 1.82) is 5.26 Å². The summed E-state index contributed by atoms with van der Waals surface area (Å²) >= 11 is 0. The van der Waals surface area contributed by atoms with Gasteiger partial charge in [0, 0.05) is 6.54 Å². The Labute approximate surface area is 138 Å². The Bertz CT molecular complexity index is 557. The molecule has 1 aliphatic rings. The van der Waals surface area contributed by atoms with Crippen LogP contribution in [0, 0.1) is 23.2 Å². The van der Waals surface area contributed by atoms with Gasteiger partial charge in [-0.2, -0.15) is 5.26 Å². The van der Waals surface area contributed by atoms with Crippen molar-refractivity contribution >= 4 is 5.91 Å². The van der Waals surface area contributed by atoms with Gasteiger partial charge in [-0.05, 0) is 36.8 Å². The molecule has 1 amide bonds. The molecule has 0 aromatic heterocycles. The number of ether oxygens (including phenoxy) is 1. The van der Waals surface area contributed by atoms with Crippen LogP contribution in [0.3, 0.4) is 0 Å². The molecular formula is C19H26N2O2. The molecule has 0 bridgehead atoms. The number of nitrogens with one attached hydrogen (secondary N) is 1. The molecule has 23 heavy (non-hydrogen) atoms. The largest absolute Gasteiger partial charge is 0.479 e. The van der Waals surface area contributed by atoms with E-state index >= 15 is 0 Å². The molecule has 124 valence electrons. The fraction of sp³-hybridized carbons (Fsp3) is 0.579. The van der Waals surface area contributed by atoms with Gasteiger partial charge in [0.15, 0.2) is 6.10 Å². The highest BCUT2D eigenvalue weighted by molar-refractivity contribution is 5.81. The van der Waals surface area contributed by atoms with Gasteiger partial charge >= 0.3 is 0 Å². The smallest absolute Gasteiger partial charge is 0.261 e. The van der Waals surface area contributed by atoms with Crippen LogP contribution in [-0.2, 0) is 4.79 Å². The normalized spacial score (nSPS) is 16.6. The first-order valence-corrected chi connectivity index (χ1v) is 8.55. The molecule has 0 spiro atoms. The lowest BCUT2D eigenvalue weighted by Gasteiger charge is -2.25. The lowest BCUT2D eigenvalue weighted by atomic mass is 9.89. The van der Waals surface area contributed by atoms with Gasteiger partial charge in [-0.1, -0.05) is 45.2 Å². The zero-order chi connectivity index (χ0) is 16.7. The topological polar surface area (TPSA) is 62.1 Å². The molecule has 1 atom stereocenters. The molecule has 2 rings (SSSR count). The quantitative estimate of drug-likeness (QED) is 0.871. The summed E-state index contributed by atoms with van der Waals surface area (Å²) in [6.07, 6.45) is 5.66. The molecule has 1 aromatic rings. The van der Waals surface area contributed by atoms with E-state index in [1.54, 1.807) is 18.2 Å². The maximum Gasteiger partial charge on any atom is 0.261 e. The van der Waals surface area contributed by atoms with Crippen LogP contribution in [-0.4, -0.2) is 18.6 Å². The molecule has 1 saturated carbocycles. The van der Waals surface area contributed by atoms with Crippen molar-refractivity contribution in [2.45, 2.75) is 52.1 Å². The van der Waals surface area contributed by atoms with Crippen molar-refractivity contribution in [2.24, 2.45) is 11.8 Å². The second-order valence-corrected chi connectivity index (χ2v) is 6.64. The minimum Gasteiger partial charge on any atom is -0.479 e. The van der Waals surface area contributed by atoms with E-state index in [1.165, 1.54) is 32.1 Å². The summed E-state index contributed by atoms with van der Waals surface area (Å²) < 4.78 is 5.87. The van der Waals surface area contributed by atoms with Crippen LogP contribution in [0.25, 0.3) is 0 Å². The fourth-order valence-corrected chi connectivity index (χ4v) is 3.03. The molecular weight excluding hydrogens is 288 g/mol. The minimum absolute atomic E-state index is 0.0353. The maximum atomic E-state index is 12.5. The number of carbonyl (C=O) groups is 1. The molecule has 0 heterocycles. The second kappa shape index (κ2) is 8.57. The number of carbonyl (C=O) groups excluding carboxylic acids is 1. The third kappa shape index (κ3) is 4.99. The summed E-state index contributed by atoms with van der Waals surface area (Å²) in [6, 6.07) is 9.15. The summed E-state index contributed by atoms with van der Waals surface area (Å²) in [5, 5.41) is 12.2. The third-order valence-corrected chi connectivity index (χ3v) is 4.42. The zero-order valence-corrected chi connectivity index (χ0v) is 14.0. The summed E-state index contributed by atoms with van der Waals surface area (Å²) in [5.41, 5.74) is 0.457. The molecule has 1 aromatic carbocycles. The maximum absolute atomic E-state index is 12.5. The van der Waals surface area contributed by atoms with Crippen molar-refractivity contribution in [3.63, 3.8) is 0 Å². The van der Waals surface area contributed by atoms with E-state index in [1.807, 2.05) is 19.9 Å². The number of benzene rings is 1. The van der Waals surface area contributed by atoms with Crippen LogP contribution in [0.15, 0.2) is 24.3 Å². The Morgan fingerprint density at radius 1 is 1.30 bits per heavy atom. The number of amides is 1. The van der Waals surface area contributed by atoms with E-state index in [0.29, 0.717) is 17.2 Å². The monoisotopic (exact) mass is 314 g/mol. The highest BCUT2D eigenvalue weighted by Gasteiger charge is 2.26. The van der Waals surface area contributed by atoms with Crippen LogP contribution in [0.4, 0.5) is 0 Å². The zero-order valence-electron chi connectivity index (χ0n) is 14.0. The average molecular weight is 314 g/mol. The van der Waals surface area contributed by atoms with Crippen molar-refractivity contribution in [2.75, 3.05) is 6.54 Å². The van der Waals surface area contributed by atoms with Gasteiger partial charge in [0.25, 0.3) is 5.91 Å². The number of nitriles is 1. The highest BCUT2D eigenvalue weighted by Crippen LogP contribution is 2.23. The summed E-state index contributed by atoms with van der Waals surface area (Å²) in [5.74, 6) is 1.01. The minimum atomic E-state index is -0.576. The molecule has 4 nitrogen and oxygen atoms in total. The molecule has 1 fully saturated rings. The van der Waals surface area contributed by atoms with E-state index in [-0.39, 0.29) is 11.8 Å². The second-order valence-electron chi connectivity index (χ2n) is 6.64. The molecule has 1 unspecified atom stereocenters.